The van der Waals surface area contributed by atoms with Crippen LogP contribution in [0.5, 0.6) is 0 Å². The van der Waals surface area contributed by atoms with Crippen LogP contribution in [0.2, 0.25) is 0 Å². The van der Waals surface area contributed by atoms with Crippen molar-refractivity contribution in [2.45, 2.75) is 18.8 Å². The van der Waals surface area contributed by atoms with Crippen LogP contribution in [-0.2, 0) is 4.79 Å². The quantitative estimate of drug-likeness (QED) is 0.444. The van der Waals surface area contributed by atoms with Gasteiger partial charge in [0, 0.05) is 25.3 Å². The molecule has 128 valence electrons. The zero-order valence-electron chi connectivity index (χ0n) is 14.5. The minimum Gasteiger partial charge on any atom is -0.356 e. The van der Waals surface area contributed by atoms with Gasteiger partial charge in [-0.25, -0.2) is 5.21 Å². The number of quaternary nitrogens is 1. The molecule has 2 aromatic rings. The van der Waals surface area contributed by atoms with Crippen molar-refractivity contribution >= 4 is 5.91 Å². The zero-order valence-corrected chi connectivity index (χ0v) is 14.5. The highest BCUT2D eigenvalue weighted by molar-refractivity contribution is 5.77. The molecule has 1 amide bonds. The number of benzene rings is 2. The molecule has 0 spiro atoms. The van der Waals surface area contributed by atoms with Gasteiger partial charge in [-0.05, 0) is 11.1 Å². The Morgan fingerprint density at radius 1 is 1.00 bits per heavy atom. The van der Waals surface area contributed by atoms with Crippen molar-refractivity contribution in [2.75, 3.05) is 27.2 Å². The van der Waals surface area contributed by atoms with Crippen molar-refractivity contribution in [3.8, 4) is 0 Å². The maximum atomic E-state index is 12.3. The summed E-state index contributed by atoms with van der Waals surface area (Å²) >= 11 is 0. The van der Waals surface area contributed by atoms with Gasteiger partial charge in [0.1, 0.15) is 6.54 Å². The SMILES string of the molecule is C[N+](C)(O)CCCNC(=O)CC(c1ccccc1)c1ccccc1. The molecule has 4 heteroatoms. The second-order valence-corrected chi connectivity index (χ2v) is 6.63. The normalized spacial score (nSPS) is 11.5. The monoisotopic (exact) mass is 327 g/mol. The van der Waals surface area contributed by atoms with Crippen LogP contribution in [-0.4, -0.2) is 42.9 Å². The smallest absolute Gasteiger partial charge is 0.220 e. The zero-order chi connectivity index (χ0) is 17.4. The molecule has 0 atom stereocenters. The second kappa shape index (κ2) is 8.62. The van der Waals surface area contributed by atoms with Crippen molar-refractivity contribution in [1.82, 2.24) is 5.32 Å². The Balaban J connectivity index is 1.97. The molecular formula is C20H27N2O2+. The molecule has 2 N–H and O–H groups in total. The fourth-order valence-electron chi connectivity index (χ4n) is 2.75. The molecule has 0 aromatic heterocycles. The van der Waals surface area contributed by atoms with Crippen LogP contribution in [0.4, 0.5) is 0 Å². The van der Waals surface area contributed by atoms with E-state index in [4.69, 9.17) is 0 Å². The van der Waals surface area contributed by atoms with Crippen LogP contribution >= 0.6 is 0 Å². The third-order valence-corrected chi connectivity index (χ3v) is 4.00. The Morgan fingerprint density at radius 3 is 1.96 bits per heavy atom. The van der Waals surface area contributed by atoms with E-state index in [-0.39, 0.29) is 16.5 Å². The Bertz CT molecular complexity index is 582. The van der Waals surface area contributed by atoms with Gasteiger partial charge in [0.2, 0.25) is 5.91 Å². The van der Waals surface area contributed by atoms with E-state index in [9.17, 15) is 10.0 Å². The lowest BCUT2D eigenvalue weighted by atomic mass is 9.88. The lowest BCUT2D eigenvalue weighted by Gasteiger charge is -2.20. The highest BCUT2D eigenvalue weighted by Crippen LogP contribution is 2.27. The van der Waals surface area contributed by atoms with Crippen LogP contribution in [0.3, 0.4) is 0 Å². The Labute approximate surface area is 144 Å². The highest BCUT2D eigenvalue weighted by atomic mass is 16.5. The molecule has 0 bridgehead atoms. The van der Waals surface area contributed by atoms with Gasteiger partial charge in [-0.1, -0.05) is 60.7 Å². The minimum atomic E-state index is -0.0769. The van der Waals surface area contributed by atoms with Crippen molar-refractivity contribution < 1.29 is 14.6 Å². The molecule has 4 nitrogen and oxygen atoms in total. The van der Waals surface area contributed by atoms with Crippen molar-refractivity contribution in [3.63, 3.8) is 0 Å². The Morgan fingerprint density at radius 2 is 1.50 bits per heavy atom. The summed E-state index contributed by atoms with van der Waals surface area (Å²) in [6.45, 7) is 1.19. The molecule has 0 radical (unpaired) electrons. The van der Waals surface area contributed by atoms with Gasteiger partial charge >= 0.3 is 0 Å². The van der Waals surface area contributed by atoms with Crippen molar-refractivity contribution in [2.24, 2.45) is 0 Å². The summed E-state index contributed by atoms with van der Waals surface area (Å²) in [5.41, 5.74) is 2.29. The molecule has 0 saturated carbocycles. The first-order chi connectivity index (χ1) is 11.5. The van der Waals surface area contributed by atoms with Crippen LogP contribution < -0.4 is 5.32 Å². The van der Waals surface area contributed by atoms with E-state index in [0.29, 0.717) is 19.5 Å². The first-order valence-corrected chi connectivity index (χ1v) is 8.38. The number of nitrogens with zero attached hydrogens (tertiary/aromatic N) is 1. The molecule has 0 aliphatic heterocycles. The van der Waals surface area contributed by atoms with Crippen LogP contribution in [0.15, 0.2) is 60.7 Å². The maximum absolute atomic E-state index is 12.3. The van der Waals surface area contributed by atoms with Gasteiger partial charge in [-0.2, -0.15) is 4.65 Å². The topological polar surface area (TPSA) is 49.3 Å². The number of amides is 1. The van der Waals surface area contributed by atoms with Crippen LogP contribution in [0.25, 0.3) is 0 Å². The van der Waals surface area contributed by atoms with Gasteiger partial charge in [0.15, 0.2) is 0 Å². The lowest BCUT2D eigenvalue weighted by Crippen LogP contribution is -2.38. The summed E-state index contributed by atoms with van der Waals surface area (Å²) in [6.07, 6.45) is 1.17. The number of hydroxylamine groups is 3. The molecule has 0 saturated heterocycles. The third-order valence-electron chi connectivity index (χ3n) is 4.00. The number of hydrogen-bond donors (Lipinski definition) is 2. The van der Waals surface area contributed by atoms with Crippen LogP contribution in [0, 0.1) is 0 Å². The molecule has 0 aliphatic rings. The van der Waals surface area contributed by atoms with Gasteiger partial charge < -0.3 is 5.32 Å². The largest absolute Gasteiger partial charge is 0.356 e. The fourth-order valence-corrected chi connectivity index (χ4v) is 2.75. The first-order valence-electron chi connectivity index (χ1n) is 8.38. The summed E-state index contributed by atoms with van der Waals surface area (Å²) < 4.78 is -0.0769. The maximum Gasteiger partial charge on any atom is 0.220 e. The summed E-state index contributed by atoms with van der Waals surface area (Å²) in [6, 6.07) is 20.3. The molecule has 0 unspecified atom stereocenters. The van der Waals surface area contributed by atoms with Crippen LogP contribution in [0.1, 0.15) is 29.9 Å². The van der Waals surface area contributed by atoms with Crippen molar-refractivity contribution in [3.05, 3.63) is 71.8 Å². The van der Waals surface area contributed by atoms with E-state index < -0.39 is 0 Å². The summed E-state index contributed by atoms with van der Waals surface area (Å²) in [7, 11) is 3.45. The first kappa shape index (κ1) is 18.2. The molecule has 2 aromatic carbocycles. The average Bonchev–Trinajstić information content (AvgIpc) is 2.57. The predicted octanol–water partition coefficient (Wildman–Crippen LogP) is 3.18. The van der Waals surface area contributed by atoms with E-state index in [2.05, 4.69) is 29.6 Å². The predicted molar refractivity (Wildman–Crippen MR) is 95.7 cm³/mol. The molecular weight excluding hydrogens is 300 g/mol. The molecule has 0 aliphatic carbocycles. The fraction of sp³-hybridized carbons (Fsp3) is 0.350. The summed E-state index contributed by atoms with van der Waals surface area (Å²) in [5.74, 6) is 0.0911. The van der Waals surface area contributed by atoms with Gasteiger partial charge in [-0.3, -0.25) is 4.79 Å². The van der Waals surface area contributed by atoms with Gasteiger partial charge in [0.25, 0.3) is 0 Å². The molecule has 0 fully saturated rings. The summed E-state index contributed by atoms with van der Waals surface area (Å²) in [5, 5.41) is 12.6. The molecule has 2 rings (SSSR count). The number of nitrogens with one attached hydrogen (secondary N) is 1. The Kier molecular flexibility index (Phi) is 6.53. The van der Waals surface area contributed by atoms with E-state index in [1.165, 1.54) is 0 Å². The van der Waals surface area contributed by atoms with Gasteiger partial charge in [-0.15, -0.1) is 0 Å². The van der Waals surface area contributed by atoms with Gasteiger partial charge in [0.05, 0.1) is 14.1 Å². The summed E-state index contributed by atoms with van der Waals surface area (Å²) in [4.78, 5) is 12.3. The van der Waals surface area contributed by atoms with E-state index in [1.54, 1.807) is 14.1 Å². The van der Waals surface area contributed by atoms with E-state index in [1.807, 2.05) is 36.4 Å². The van der Waals surface area contributed by atoms with E-state index in [0.717, 1.165) is 17.5 Å². The number of hydrogen-bond acceptors (Lipinski definition) is 2. The minimum absolute atomic E-state index is 0.0379. The highest BCUT2D eigenvalue weighted by Gasteiger charge is 2.18. The lowest BCUT2D eigenvalue weighted by molar-refractivity contribution is -1.07. The Hall–Kier alpha value is -2.17. The standard InChI is InChI=1S/C20H26N2O2/c1-22(2,24)15-9-14-21-20(23)16-19(17-10-5-3-6-11-17)18-12-7-4-8-13-18/h3-8,10-13,19,24H,9,14-16H2,1-2H3/p+1. The van der Waals surface area contributed by atoms with E-state index >= 15 is 0 Å². The number of carbonyl (C=O) groups excluding carboxylic acids is 1. The number of rotatable bonds is 8. The second-order valence-electron chi connectivity index (χ2n) is 6.63. The molecule has 24 heavy (non-hydrogen) atoms. The molecule has 0 heterocycles. The number of carbonyl (C=O) groups is 1. The average molecular weight is 327 g/mol. The van der Waals surface area contributed by atoms with Crippen molar-refractivity contribution in [1.29, 1.82) is 0 Å². The third kappa shape index (κ3) is 6.14.